The molecule has 0 saturated heterocycles. The van der Waals surface area contributed by atoms with Crippen molar-refractivity contribution in [3.63, 3.8) is 0 Å². The second-order valence-corrected chi connectivity index (χ2v) is 4.95. The zero-order chi connectivity index (χ0) is 14.1. The Hall–Kier alpha value is -2.51. The number of aryl methyl sites for hydroxylation is 1. The lowest BCUT2D eigenvalue weighted by Gasteiger charge is -2.06. The Morgan fingerprint density at radius 2 is 1.90 bits per heavy atom. The summed E-state index contributed by atoms with van der Waals surface area (Å²) in [6.45, 7) is 1.83. The first-order valence-electron chi connectivity index (χ1n) is 6.19. The smallest absolute Gasteiger partial charge is 0.148 e. The third kappa shape index (κ3) is 2.09. The van der Waals surface area contributed by atoms with E-state index in [1.54, 1.807) is 0 Å². The highest BCUT2D eigenvalue weighted by atomic mass is 32.1. The largest absolute Gasteiger partial charge is 0.342 e. The molecule has 0 atom stereocenters. The molecule has 1 heterocycles. The van der Waals surface area contributed by atoms with E-state index >= 15 is 0 Å². The average molecular weight is 277 g/mol. The van der Waals surface area contributed by atoms with E-state index in [0.717, 1.165) is 16.6 Å². The van der Waals surface area contributed by atoms with Crippen LogP contribution in [-0.4, -0.2) is 9.97 Å². The number of hydrogen-bond acceptors (Lipinski definition) is 3. The number of H-pyrrole nitrogens is 1. The molecule has 0 spiro atoms. The topological polar surface area (TPSA) is 52.5 Å². The van der Waals surface area contributed by atoms with Crippen LogP contribution in [0.25, 0.3) is 22.2 Å². The van der Waals surface area contributed by atoms with E-state index in [0.29, 0.717) is 16.0 Å². The van der Waals surface area contributed by atoms with E-state index in [2.05, 4.69) is 40.3 Å². The van der Waals surface area contributed by atoms with Crippen LogP contribution >= 0.6 is 12.2 Å². The molecule has 20 heavy (non-hydrogen) atoms. The summed E-state index contributed by atoms with van der Waals surface area (Å²) in [5, 5.41) is 11.4. The van der Waals surface area contributed by atoms with Gasteiger partial charge >= 0.3 is 0 Å². The fourth-order valence-electron chi connectivity index (χ4n) is 2.19. The minimum atomic E-state index is 0.340. The van der Waals surface area contributed by atoms with E-state index in [1.807, 2.05) is 25.1 Å². The molecule has 0 radical (unpaired) electrons. The monoisotopic (exact) mass is 277 g/mol. The molecule has 96 valence electrons. The fourth-order valence-corrected chi connectivity index (χ4v) is 2.48. The van der Waals surface area contributed by atoms with Crippen LogP contribution in [0.1, 0.15) is 11.3 Å². The number of aromatic nitrogens is 2. The van der Waals surface area contributed by atoms with Crippen LogP contribution in [0.5, 0.6) is 0 Å². The zero-order valence-corrected chi connectivity index (χ0v) is 11.7. The molecule has 1 aromatic heterocycles. The van der Waals surface area contributed by atoms with Crippen LogP contribution in [0.4, 0.5) is 0 Å². The number of fused-ring (bicyclic) bond motifs is 1. The summed E-state index contributed by atoms with van der Waals surface area (Å²) in [6, 6.07) is 16.3. The maximum atomic E-state index is 9.03. The van der Waals surface area contributed by atoms with Gasteiger partial charge in [0.15, 0.2) is 0 Å². The Balaban J connectivity index is 2.21. The van der Waals surface area contributed by atoms with Gasteiger partial charge in [0.25, 0.3) is 0 Å². The summed E-state index contributed by atoms with van der Waals surface area (Å²) in [5.41, 5.74) is 2.14. The van der Waals surface area contributed by atoms with Crippen molar-refractivity contribution in [2.75, 3.05) is 0 Å². The predicted octanol–water partition coefficient (Wildman–Crippen LogP) is 4.14. The number of nitrogens with one attached hydrogen (secondary N) is 1. The van der Waals surface area contributed by atoms with Gasteiger partial charge in [-0.1, -0.05) is 48.6 Å². The lowest BCUT2D eigenvalue weighted by atomic mass is 10.1. The van der Waals surface area contributed by atoms with Crippen LogP contribution in [0.15, 0.2) is 42.5 Å². The van der Waals surface area contributed by atoms with Crippen molar-refractivity contribution in [1.29, 1.82) is 5.26 Å². The molecule has 0 aliphatic heterocycles. The Bertz CT molecular complexity index is 903. The quantitative estimate of drug-likeness (QED) is 0.680. The number of hydrogen-bond donors (Lipinski definition) is 1. The molecule has 2 aromatic carbocycles. The lowest BCUT2D eigenvalue weighted by molar-refractivity contribution is 1.08. The molecule has 0 fully saturated rings. The Morgan fingerprint density at radius 1 is 1.15 bits per heavy atom. The van der Waals surface area contributed by atoms with Gasteiger partial charge in [0.1, 0.15) is 22.1 Å². The van der Waals surface area contributed by atoms with Gasteiger partial charge in [0.05, 0.1) is 0 Å². The predicted molar refractivity (Wildman–Crippen MR) is 81.8 cm³/mol. The van der Waals surface area contributed by atoms with Crippen LogP contribution in [0.3, 0.4) is 0 Å². The lowest BCUT2D eigenvalue weighted by Crippen LogP contribution is -1.97. The zero-order valence-electron chi connectivity index (χ0n) is 10.8. The van der Waals surface area contributed by atoms with Crippen LogP contribution in [0.2, 0.25) is 0 Å². The van der Waals surface area contributed by atoms with Gasteiger partial charge in [-0.25, -0.2) is 4.98 Å². The number of benzene rings is 2. The molecule has 0 aliphatic rings. The normalized spacial score (nSPS) is 10.4. The second-order valence-electron chi connectivity index (χ2n) is 4.56. The number of rotatable bonds is 1. The SMILES string of the molecule is Cc1[nH]c(-c2ccc3ccccc3c2)nc(=S)c1C#N. The van der Waals surface area contributed by atoms with E-state index in [-0.39, 0.29) is 0 Å². The molecule has 1 N–H and O–H groups in total. The number of aromatic amines is 1. The first-order valence-corrected chi connectivity index (χ1v) is 6.60. The molecule has 4 heteroatoms. The van der Waals surface area contributed by atoms with E-state index < -0.39 is 0 Å². The molecular weight excluding hydrogens is 266 g/mol. The highest BCUT2D eigenvalue weighted by molar-refractivity contribution is 7.71. The standard InChI is InChI=1S/C16H11N3S/c1-10-14(9-17)16(20)19-15(18-10)13-7-6-11-4-2-3-5-12(11)8-13/h2-8H,1H3,(H,18,19,20). The Morgan fingerprint density at radius 3 is 2.60 bits per heavy atom. The molecule has 0 unspecified atom stereocenters. The van der Waals surface area contributed by atoms with Crippen molar-refractivity contribution in [3.05, 3.63) is 58.4 Å². The van der Waals surface area contributed by atoms with Crippen molar-refractivity contribution in [2.24, 2.45) is 0 Å². The molecule has 0 saturated carbocycles. The Labute approximate surface area is 121 Å². The van der Waals surface area contributed by atoms with Crippen molar-refractivity contribution in [2.45, 2.75) is 6.92 Å². The van der Waals surface area contributed by atoms with Gasteiger partial charge in [-0.15, -0.1) is 0 Å². The van der Waals surface area contributed by atoms with Gasteiger partial charge in [-0.05, 0) is 23.8 Å². The summed E-state index contributed by atoms with van der Waals surface area (Å²) >= 11 is 5.17. The highest BCUT2D eigenvalue weighted by Gasteiger charge is 2.07. The average Bonchev–Trinajstić information content (AvgIpc) is 2.46. The fraction of sp³-hybridized carbons (Fsp3) is 0.0625. The van der Waals surface area contributed by atoms with E-state index in [1.165, 1.54) is 5.39 Å². The number of nitriles is 1. The third-order valence-corrected chi connectivity index (χ3v) is 3.54. The maximum Gasteiger partial charge on any atom is 0.148 e. The van der Waals surface area contributed by atoms with Crippen LogP contribution in [0, 0.1) is 22.9 Å². The maximum absolute atomic E-state index is 9.03. The summed E-state index contributed by atoms with van der Waals surface area (Å²) in [5.74, 6) is 0.692. The minimum Gasteiger partial charge on any atom is -0.342 e. The minimum absolute atomic E-state index is 0.340. The van der Waals surface area contributed by atoms with Crippen molar-refractivity contribution in [3.8, 4) is 17.5 Å². The van der Waals surface area contributed by atoms with Gasteiger partial charge in [0, 0.05) is 11.3 Å². The summed E-state index contributed by atoms with van der Waals surface area (Å²) in [4.78, 5) is 7.47. The van der Waals surface area contributed by atoms with Crippen molar-refractivity contribution < 1.29 is 0 Å². The van der Waals surface area contributed by atoms with Crippen molar-refractivity contribution in [1.82, 2.24) is 9.97 Å². The molecule has 0 amide bonds. The van der Waals surface area contributed by atoms with E-state index in [9.17, 15) is 0 Å². The van der Waals surface area contributed by atoms with Gasteiger partial charge in [-0.2, -0.15) is 5.26 Å². The van der Waals surface area contributed by atoms with Gasteiger partial charge in [0.2, 0.25) is 0 Å². The van der Waals surface area contributed by atoms with Crippen LogP contribution < -0.4 is 0 Å². The highest BCUT2D eigenvalue weighted by Crippen LogP contribution is 2.22. The first-order chi connectivity index (χ1) is 9.69. The Kier molecular flexibility index (Phi) is 3.05. The van der Waals surface area contributed by atoms with E-state index in [4.69, 9.17) is 17.5 Å². The molecule has 3 aromatic rings. The summed E-state index contributed by atoms with van der Waals surface area (Å²) < 4.78 is 0.340. The summed E-state index contributed by atoms with van der Waals surface area (Å²) in [6.07, 6.45) is 0. The second kappa shape index (κ2) is 4.87. The summed E-state index contributed by atoms with van der Waals surface area (Å²) in [7, 11) is 0. The first kappa shape index (κ1) is 12.5. The molecule has 3 nitrogen and oxygen atoms in total. The molecule has 0 aliphatic carbocycles. The van der Waals surface area contributed by atoms with Gasteiger partial charge < -0.3 is 4.98 Å². The third-order valence-electron chi connectivity index (χ3n) is 3.24. The molecule has 0 bridgehead atoms. The molecule has 3 rings (SSSR count). The van der Waals surface area contributed by atoms with Crippen molar-refractivity contribution >= 4 is 23.0 Å². The number of nitrogens with zero attached hydrogens (tertiary/aromatic N) is 2. The van der Waals surface area contributed by atoms with Gasteiger partial charge in [-0.3, -0.25) is 0 Å². The molecular formula is C16H11N3S. The van der Waals surface area contributed by atoms with Crippen LogP contribution in [-0.2, 0) is 0 Å².